The van der Waals surface area contributed by atoms with Crippen LogP contribution in [-0.2, 0) is 0 Å². The average molecular weight is 1750 g/mol. The predicted molar refractivity (Wildman–Crippen MR) is 408 cm³/mol. The summed E-state index contributed by atoms with van der Waals surface area (Å²) in [6, 6.07) is 46.5. The van der Waals surface area contributed by atoms with Crippen LogP contribution in [0.5, 0.6) is 17.2 Å². The first-order chi connectivity index (χ1) is 45.7. The molecular formula is C67H53BBr7N13O5S2. The van der Waals surface area contributed by atoms with Gasteiger partial charge in [-0.05, 0) is 263 Å². The number of anilines is 2. The summed E-state index contributed by atoms with van der Waals surface area (Å²) in [5, 5.41) is 26.9. The molecule has 18 nitrogen and oxygen atoms in total. The number of ether oxygens (including phenoxy) is 3. The number of nitrogens with two attached hydrogens (primary N) is 2. The highest BCUT2D eigenvalue weighted by atomic mass is 79.9. The molecule has 6 N–H and O–H groups in total. The van der Waals surface area contributed by atoms with Gasteiger partial charge in [-0.3, -0.25) is 29.9 Å². The lowest BCUT2D eigenvalue weighted by molar-refractivity contribution is 0.411. The molecular weight excluding hydrogens is 1700 g/mol. The molecule has 14 rings (SSSR count). The predicted octanol–water partition coefficient (Wildman–Crippen LogP) is 18.0. The number of rotatable bonds is 6. The van der Waals surface area contributed by atoms with Gasteiger partial charge in [-0.1, -0.05) is 42.5 Å². The molecule has 9 aromatic carbocycles. The molecule has 0 fully saturated rings. The van der Waals surface area contributed by atoms with E-state index in [4.69, 9.17) is 35.7 Å². The van der Waals surface area contributed by atoms with Crippen molar-refractivity contribution in [1.82, 2.24) is 47.4 Å². The van der Waals surface area contributed by atoms with Crippen molar-refractivity contribution < 1.29 is 24.3 Å². The van der Waals surface area contributed by atoms with Crippen molar-refractivity contribution in [3.05, 3.63) is 230 Å². The van der Waals surface area contributed by atoms with E-state index >= 15 is 0 Å². The highest BCUT2D eigenvalue weighted by Crippen LogP contribution is 2.36. The van der Waals surface area contributed by atoms with Crippen LogP contribution in [0.25, 0.3) is 77.4 Å². The monoisotopic (exact) mass is 1750 g/mol. The topological polar surface area (TPSA) is 273 Å². The zero-order chi connectivity index (χ0) is 68.3. The van der Waals surface area contributed by atoms with Crippen LogP contribution in [0.15, 0.2) is 208 Å². The zero-order valence-corrected chi connectivity index (χ0v) is 63.7. The molecule has 480 valence electrons. The first-order valence-electron chi connectivity index (χ1n) is 27.9. The van der Waals surface area contributed by atoms with E-state index in [9.17, 15) is 5.26 Å². The Bertz CT molecular complexity index is 4900. The number of nitriles is 1. The van der Waals surface area contributed by atoms with Crippen molar-refractivity contribution in [2.45, 2.75) is 20.8 Å². The maximum absolute atomic E-state index is 9.19. The Hall–Kier alpha value is -7.53. The van der Waals surface area contributed by atoms with Gasteiger partial charge in [0.1, 0.15) is 67.5 Å². The smallest absolute Gasteiger partial charge is 0.488 e. The summed E-state index contributed by atoms with van der Waals surface area (Å²) in [6.07, 6.45) is 10.0. The van der Waals surface area contributed by atoms with Gasteiger partial charge in [-0.2, -0.15) is 22.8 Å². The van der Waals surface area contributed by atoms with Crippen LogP contribution in [0.4, 0.5) is 11.4 Å². The minimum Gasteiger partial charge on any atom is -0.497 e. The number of aromatic nitrogens is 10. The Labute approximate surface area is 614 Å². The zero-order valence-electron chi connectivity index (χ0n) is 51.0. The number of nitrogen functional groups attached to an aromatic ring is 2. The van der Waals surface area contributed by atoms with Crippen molar-refractivity contribution >= 4 is 214 Å². The lowest BCUT2D eigenvalue weighted by atomic mass is 9.79. The third-order valence-electron chi connectivity index (χ3n) is 13.3. The molecule has 0 unspecified atom stereocenters. The van der Waals surface area contributed by atoms with Crippen LogP contribution in [0.2, 0.25) is 0 Å². The Morgan fingerprint density at radius 2 is 0.737 bits per heavy atom. The van der Waals surface area contributed by atoms with Gasteiger partial charge >= 0.3 is 7.12 Å². The number of nitrogens with zero attached hydrogens (tertiary/aromatic N) is 11. The van der Waals surface area contributed by atoms with Gasteiger partial charge < -0.3 is 35.7 Å². The van der Waals surface area contributed by atoms with Crippen molar-refractivity contribution in [3.8, 4) is 45.6 Å². The van der Waals surface area contributed by atoms with E-state index in [1.807, 2.05) is 117 Å². The van der Waals surface area contributed by atoms with E-state index in [1.165, 1.54) is 23.5 Å². The van der Waals surface area contributed by atoms with Crippen LogP contribution in [-0.4, -0.2) is 85.9 Å². The molecule has 0 radical (unpaired) electrons. The Morgan fingerprint density at radius 1 is 0.400 bits per heavy atom. The number of halogens is 7. The highest BCUT2D eigenvalue weighted by molar-refractivity contribution is 9.11. The summed E-state index contributed by atoms with van der Waals surface area (Å²) < 4.78 is 38.5. The quantitative estimate of drug-likeness (QED) is 0.0889. The summed E-state index contributed by atoms with van der Waals surface area (Å²) in [6.45, 7) is 5.94. The number of hydrogen-bond acceptors (Lipinski definition) is 20. The Balaban J connectivity index is 0.000000145. The van der Waals surface area contributed by atoms with Gasteiger partial charge in [0.2, 0.25) is 0 Å². The van der Waals surface area contributed by atoms with Crippen LogP contribution in [0.1, 0.15) is 22.3 Å². The van der Waals surface area contributed by atoms with E-state index < -0.39 is 7.12 Å². The van der Waals surface area contributed by atoms with Crippen LogP contribution >= 0.6 is 135 Å². The van der Waals surface area contributed by atoms with E-state index in [2.05, 4.69) is 190 Å². The van der Waals surface area contributed by atoms with E-state index in [0.717, 1.165) is 131 Å². The normalized spacial score (nSPS) is 10.3. The van der Waals surface area contributed by atoms with Crippen LogP contribution < -0.4 is 31.1 Å². The number of aryl methyl sites for hydroxylation is 3. The standard InChI is InChI=1S/C17H13N3O.C16H13BrN2O.C8H11BO3.C8H4Br2N2.C6H2Br2N2S.C6H6Br2N2.C6H4N2S/c1-11-7-13(9-14(8-11)21-2)15-4-3-12(10-18)16-17(15)20-6-5-19-16;1-10-7-11(9-12(8-10)20-2)13-3-4-14(17)16-15(13)18-5-6-19-16;1-6-3-7(9(10)11)5-8(4-6)12-2;9-5-1-2-6(10)8-7(5)11-3-4-12-8;7-3-1-2-4(8)6-5(3)9-11-10-6;7-3-1-2-4(8)6(10)5(3)9;1-2-4-6-5(3-1)7-9-8-6/h3-9H,1-2H3;3-9H,1-2H3;3-5,10-11H,1-2H3;1-4H;1-2H;1-2H,9-10H2;1-4H. The van der Waals surface area contributed by atoms with Crippen molar-refractivity contribution in [3.63, 3.8) is 0 Å². The molecule has 0 spiro atoms. The second-order valence-electron chi connectivity index (χ2n) is 19.9. The molecule has 14 aromatic rings. The van der Waals surface area contributed by atoms with Gasteiger partial charge in [0.15, 0.2) is 0 Å². The van der Waals surface area contributed by atoms with Crippen molar-refractivity contribution in [2.24, 2.45) is 0 Å². The highest BCUT2D eigenvalue weighted by Gasteiger charge is 2.15. The molecule has 5 aromatic heterocycles. The van der Waals surface area contributed by atoms with Gasteiger partial charge in [-0.25, -0.2) is 0 Å². The van der Waals surface area contributed by atoms with Gasteiger partial charge in [0, 0.05) is 79.6 Å². The SMILES string of the molecule is Brc1ccc(Br)c2nccnc12.Brc1ccc(Br)c2nsnc12.COc1cc(C)cc(-c2ccc(Br)c3nccnc23)c1.COc1cc(C)cc(-c2ccc(C#N)c3nccnc23)c1.COc1cc(C)cc(B(O)O)c1.Nc1c(Br)ccc(Br)c1N.c1ccc2nsnc2c1. The summed E-state index contributed by atoms with van der Waals surface area (Å²) in [4.78, 5) is 25.9. The van der Waals surface area contributed by atoms with E-state index in [-0.39, 0.29) is 0 Å². The summed E-state index contributed by atoms with van der Waals surface area (Å²) in [5.74, 6) is 2.28. The Morgan fingerprint density at radius 3 is 1.16 bits per heavy atom. The fourth-order valence-electron chi connectivity index (χ4n) is 8.83. The summed E-state index contributed by atoms with van der Waals surface area (Å²) in [7, 11) is 3.44. The fraction of sp³-hybridized carbons (Fsp3) is 0.0896. The average Bonchev–Trinajstić information content (AvgIpc) is 1.57. The maximum atomic E-state index is 9.19. The minimum atomic E-state index is -1.43. The van der Waals surface area contributed by atoms with Crippen molar-refractivity contribution in [1.29, 1.82) is 5.26 Å². The molecule has 0 aliphatic heterocycles. The maximum Gasteiger partial charge on any atom is 0.488 e. The third kappa shape index (κ3) is 19.6. The Kier molecular flexibility index (Phi) is 27.4. The second-order valence-corrected chi connectivity index (χ2v) is 26.9. The molecule has 0 saturated carbocycles. The largest absolute Gasteiger partial charge is 0.497 e. The molecule has 0 aliphatic rings. The summed E-state index contributed by atoms with van der Waals surface area (Å²) >= 11 is 26.1. The van der Waals surface area contributed by atoms with Crippen LogP contribution in [0.3, 0.4) is 0 Å². The number of fused-ring (bicyclic) bond motifs is 5. The first kappa shape index (κ1) is 73.3. The lowest BCUT2D eigenvalue weighted by Crippen LogP contribution is -2.29. The van der Waals surface area contributed by atoms with E-state index in [1.54, 1.807) is 76.7 Å². The molecule has 0 amide bonds. The van der Waals surface area contributed by atoms with Gasteiger partial charge in [0.05, 0.1) is 72.8 Å². The van der Waals surface area contributed by atoms with E-state index in [0.29, 0.717) is 33.7 Å². The van der Waals surface area contributed by atoms with Gasteiger partial charge in [-0.15, -0.1) is 0 Å². The molecule has 28 heteroatoms. The van der Waals surface area contributed by atoms with Crippen molar-refractivity contribution in [2.75, 3.05) is 32.8 Å². The lowest BCUT2D eigenvalue weighted by Gasteiger charge is -2.09. The fourth-order valence-corrected chi connectivity index (χ4v) is 12.9. The molecule has 0 atom stereocenters. The molecule has 5 heterocycles. The summed E-state index contributed by atoms with van der Waals surface area (Å²) in [5.41, 5.74) is 29.3. The molecule has 0 saturated heterocycles. The molecule has 0 bridgehead atoms. The number of methoxy groups -OCH3 is 3. The third-order valence-corrected chi connectivity index (χ3v) is 19.0. The second kappa shape index (κ2) is 35.5. The molecule has 0 aliphatic carbocycles. The first-order valence-corrected chi connectivity index (χ1v) is 34.9. The van der Waals surface area contributed by atoms with Gasteiger partial charge in [0.25, 0.3) is 0 Å². The number of benzene rings is 9. The minimum absolute atomic E-state index is 0.451. The molecule has 95 heavy (non-hydrogen) atoms. The number of hydrogen-bond donors (Lipinski definition) is 4. The van der Waals surface area contributed by atoms with Crippen LogP contribution in [0, 0.1) is 32.1 Å².